The molecule has 332 valence electrons. The van der Waals surface area contributed by atoms with Gasteiger partial charge in [-0.25, -0.2) is 0 Å². The van der Waals surface area contributed by atoms with E-state index in [2.05, 4.69) is 278 Å². The zero-order valence-electron chi connectivity index (χ0n) is 38.8. The predicted molar refractivity (Wildman–Crippen MR) is 303 cm³/mol. The average molecular weight is 920 g/mol. The van der Waals surface area contributed by atoms with Gasteiger partial charge in [-0.1, -0.05) is 237 Å². The van der Waals surface area contributed by atoms with Gasteiger partial charge in [0.05, 0.1) is 11.1 Å². The van der Waals surface area contributed by atoms with Crippen LogP contribution in [0.3, 0.4) is 0 Å². The third-order valence-corrected chi connectivity index (χ3v) is 16.2. The maximum Gasteiger partial charge on any atom is 0.0713 e. The fourth-order valence-corrected chi connectivity index (χ4v) is 13.2. The molecule has 0 saturated heterocycles. The molecule has 1 aliphatic rings. The molecule has 1 aliphatic carbocycles. The Kier molecular flexibility index (Phi) is 9.69. The molecule has 0 saturated carbocycles. The van der Waals surface area contributed by atoms with Crippen molar-refractivity contribution in [3.05, 3.63) is 295 Å². The lowest BCUT2D eigenvalue weighted by atomic mass is 9.67. The van der Waals surface area contributed by atoms with E-state index in [1.54, 1.807) is 0 Å². The number of fused-ring (bicyclic) bond motifs is 9. The Balaban J connectivity index is 0.945. The molecule has 13 aromatic rings. The van der Waals surface area contributed by atoms with E-state index in [1.165, 1.54) is 103 Å². The van der Waals surface area contributed by atoms with Crippen LogP contribution in [0.5, 0.6) is 0 Å². The molecule has 1 aromatic heterocycles. The Morgan fingerprint density at radius 1 is 0.282 bits per heavy atom. The molecule has 0 radical (unpaired) electrons. The van der Waals surface area contributed by atoms with E-state index in [4.69, 9.17) is 0 Å². The van der Waals surface area contributed by atoms with Crippen molar-refractivity contribution in [3.63, 3.8) is 0 Å². The molecule has 14 rings (SSSR count). The summed E-state index contributed by atoms with van der Waals surface area (Å²) in [7, 11) is 0. The quantitative estimate of drug-likeness (QED) is 0.147. The fraction of sp³-hybridized carbons (Fsp3) is 0.0145. The zero-order valence-corrected chi connectivity index (χ0v) is 39.7. The summed E-state index contributed by atoms with van der Waals surface area (Å²) in [6.45, 7) is 0. The first-order valence-electron chi connectivity index (χ1n) is 24.5. The van der Waals surface area contributed by atoms with Gasteiger partial charge in [0.2, 0.25) is 0 Å². The summed E-state index contributed by atoms with van der Waals surface area (Å²) in [6.07, 6.45) is 0. The molecule has 1 nitrogen and oxygen atoms in total. The smallest absolute Gasteiger partial charge is 0.0713 e. The van der Waals surface area contributed by atoms with Crippen LogP contribution in [0.15, 0.2) is 273 Å². The summed E-state index contributed by atoms with van der Waals surface area (Å²) < 4.78 is 2.66. The molecular weight excluding hydrogens is 875 g/mol. The summed E-state index contributed by atoms with van der Waals surface area (Å²) in [6, 6.07) is 101. The maximum absolute atomic E-state index is 2.46. The number of thiophene rings is 1. The van der Waals surface area contributed by atoms with E-state index >= 15 is 0 Å². The van der Waals surface area contributed by atoms with Crippen molar-refractivity contribution in [2.75, 3.05) is 4.90 Å². The van der Waals surface area contributed by atoms with E-state index in [1.807, 2.05) is 11.3 Å². The maximum atomic E-state index is 2.46. The Bertz CT molecular complexity index is 4120. The molecule has 0 bridgehead atoms. The Hall–Kier alpha value is -8.82. The molecule has 71 heavy (non-hydrogen) atoms. The molecule has 0 unspecified atom stereocenters. The van der Waals surface area contributed by atoms with E-state index in [0.717, 1.165) is 22.6 Å². The second-order valence-electron chi connectivity index (χ2n) is 18.7. The molecule has 0 amide bonds. The Morgan fingerprint density at radius 2 is 0.831 bits per heavy atom. The third kappa shape index (κ3) is 6.53. The minimum atomic E-state index is -0.462. The third-order valence-electron chi connectivity index (χ3n) is 14.9. The topological polar surface area (TPSA) is 3.24 Å². The van der Waals surface area contributed by atoms with Crippen molar-refractivity contribution >= 4 is 70.1 Å². The SMILES string of the molecule is c1ccc(C2(c3ccccc3)c3ccccc3-c3cc(-c4ccccc4N(c4ccc(-c5cccc6c5sc5c7ccccc7ccc65)cc4)c4cccc(-c5cccc6ccccc56)c4)ccc32)cc1. The van der Waals surface area contributed by atoms with Crippen LogP contribution in [0.2, 0.25) is 0 Å². The summed E-state index contributed by atoms with van der Waals surface area (Å²) in [4.78, 5) is 2.46. The normalized spacial score (nSPS) is 12.6. The average Bonchev–Trinajstić information content (AvgIpc) is 3.98. The minimum absolute atomic E-state index is 0.462. The van der Waals surface area contributed by atoms with E-state index in [-0.39, 0.29) is 0 Å². The highest BCUT2D eigenvalue weighted by Gasteiger charge is 2.46. The number of nitrogens with zero attached hydrogens (tertiary/aromatic N) is 1. The fourth-order valence-electron chi connectivity index (χ4n) is 11.8. The van der Waals surface area contributed by atoms with Crippen LogP contribution in [0.25, 0.3) is 86.2 Å². The highest BCUT2D eigenvalue weighted by Crippen LogP contribution is 2.57. The Labute approximate surface area is 417 Å². The van der Waals surface area contributed by atoms with Crippen molar-refractivity contribution in [3.8, 4) is 44.5 Å². The summed E-state index contributed by atoms with van der Waals surface area (Å²) in [5.74, 6) is 0. The first-order valence-corrected chi connectivity index (χ1v) is 25.3. The standard InChI is InChI=1S/C69H45NS/c1-3-22-51(23-4-1)69(52-24-5-2-6-25-52)64-34-13-11-30-60(64)63-45-50(39-43-65(63)69)57-28-12-14-35-66(57)70(54-26-15-21-49(44-54)56-31-16-20-46-18-7-9-27-55(46)56)53-40-36-48(37-41-53)59-32-17-33-61-62-42-38-47-19-8-10-29-58(47)68(62)71-67(59)61/h1-45H. The largest absolute Gasteiger partial charge is 0.310 e. The van der Waals surface area contributed by atoms with Crippen LogP contribution >= 0.6 is 11.3 Å². The highest BCUT2D eigenvalue weighted by atomic mass is 32.1. The number of anilines is 3. The van der Waals surface area contributed by atoms with Crippen molar-refractivity contribution in [2.24, 2.45) is 0 Å². The van der Waals surface area contributed by atoms with Gasteiger partial charge in [0.1, 0.15) is 0 Å². The van der Waals surface area contributed by atoms with E-state index in [0.29, 0.717) is 0 Å². The lowest BCUT2D eigenvalue weighted by molar-refractivity contribution is 0.768. The highest BCUT2D eigenvalue weighted by molar-refractivity contribution is 7.27. The molecule has 1 heterocycles. The number of rotatable bonds is 8. The number of hydrogen-bond acceptors (Lipinski definition) is 2. The van der Waals surface area contributed by atoms with Crippen LogP contribution in [0.1, 0.15) is 22.3 Å². The number of hydrogen-bond donors (Lipinski definition) is 0. The second-order valence-corrected chi connectivity index (χ2v) is 19.7. The second kappa shape index (κ2) is 16.7. The lowest BCUT2D eigenvalue weighted by Crippen LogP contribution is -2.28. The molecular formula is C69H45NS. The summed E-state index contributed by atoms with van der Waals surface area (Å²) >= 11 is 1.91. The van der Waals surface area contributed by atoms with Gasteiger partial charge in [0.25, 0.3) is 0 Å². The number of benzene rings is 12. The number of para-hydroxylation sites is 1. The van der Waals surface area contributed by atoms with Crippen LogP contribution in [-0.2, 0) is 5.41 Å². The van der Waals surface area contributed by atoms with Gasteiger partial charge in [-0.2, -0.15) is 0 Å². The van der Waals surface area contributed by atoms with Gasteiger partial charge in [-0.15, -0.1) is 11.3 Å². The van der Waals surface area contributed by atoms with Crippen molar-refractivity contribution < 1.29 is 0 Å². The lowest BCUT2D eigenvalue weighted by Gasteiger charge is -2.34. The first kappa shape index (κ1) is 41.2. The van der Waals surface area contributed by atoms with Crippen LogP contribution in [0.4, 0.5) is 17.1 Å². The van der Waals surface area contributed by atoms with Crippen LogP contribution in [-0.4, -0.2) is 0 Å². The van der Waals surface area contributed by atoms with Gasteiger partial charge < -0.3 is 4.90 Å². The molecule has 0 N–H and O–H groups in total. The summed E-state index contributed by atoms with van der Waals surface area (Å²) in [5, 5.41) is 7.69. The van der Waals surface area contributed by atoms with Gasteiger partial charge in [0, 0.05) is 37.1 Å². The first-order chi connectivity index (χ1) is 35.2. The predicted octanol–water partition coefficient (Wildman–Crippen LogP) is 19.2. The summed E-state index contributed by atoms with van der Waals surface area (Å²) in [5.41, 5.74) is 17.7. The van der Waals surface area contributed by atoms with Gasteiger partial charge in [0.15, 0.2) is 0 Å². The van der Waals surface area contributed by atoms with Crippen molar-refractivity contribution in [2.45, 2.75) is 5.41 Å². The molecule has 0 spiro atoms. The molecule has 0 aliphatic heterocycles. The van der Waals surface area contributed by atoms with Crippen LogP contribution < -0.4 is 4.90 Å². The van der Waals surface area contributed by atoms with E-state index < -0.39 is 5.41 Å². The van der Waals surface area contributed by atoms with Crippen molar-refractivity contribution in [1.29, 1.82) is 0 Å². The molecule has 0 atom stereocenters. The monoisotopic (exact) mass is 919 g/mol. The van der Waals surface area contributed by atoms with Crippen LogP contribution in [0, 0.1) is 0 Å². The van der Waals surface area contributed by atoms with Gasteiger partial charge in [-0.05, 0) is 119 Å². The molecule has 2 heteroatoms. The zero-order chi connectivity index (χ0) is 46.9. The minimum Gasteiger partial charge on any atom is -0.310 e. The molecule has 0 fully saturated rings. The van der Waals surface area contributed by atoms with Gasteiger partial charge in [-0.3, -0.25) is 0 Å². The molecule has 12 aromatic carbocycles. The van der Waals surface area contributed by atoms with Crippen molar-refractivity contribution in [1.82, 2.24) is 0 Å². The Morgan fingerprint density at radius 3 is 1.63 bits per heavy atom. The van der Waals surface area contributed by atoms with E-state index in [9.17, 15) is 0 Å². The van der Waals surface area contributed by atoms with Gasteiger partial charge >= 0.3 is 0 Å².